The van der Waals surface area contributed by atoms with Crippen molar-refractivity contribution >= 4 is 34.2 Å². The molecule has 2 aliphatic rings. The number of nitrogens with zero attached hydrogens (tertiary/aromatic N) is 4. The van der Waals surface area contributed by atoms with Crippen molar-refractivity contribution in [2.45, 2.75) is 6.42 Å². The van der Waals surface area contributed by atoms with Crippen molar-refractivity contribution in [3.8, 4) is 0 Å². The fourth-order valence-electron chi connectivity index (χ4n) is 4.38. The van der Waals surface area contributed by atoms with Crippen molar-refractivity contribution in [2.24, 2.45) is 5.92 Å². The van der Waals surface area contributed by atoms with Crippen LogP contribution in [0.25, 0.3) is 10.9 Å². The van der Waals surface area contributed by atoms with Gasteiger partial charge in [0.1, 0.15) is 11.6 Å². The van der Waals surface area contributed by atoms with Crippen molar-refractivity contribution in [2.75, 3.05) is 42.5 Å². The molecule has 0 bridgehead atoms. The molecule has 1 atom stereocenters. The van der Waals surface area contributed by atoms with Crippen LogP contribution in [-0.2, 0) is 9.59 Å². The molecule has 1 N–H and O–H groups in total. The molecule has 0 spiro atoms. The molecule has 31 heavy (non-hydrogen) atoms. The SMILES string of the molecule is O=C(C1CC(=O)N(c2n[nH]c3cccc(F)c23)C1)N1CCN(c2ccc(F)cc2)CC1. The standard InChI is InChI=1S/C22H21F2N5O2/c23-15-4-6-16(7-5-15)27-8-10-28(11-9-27)22(31)14-12-19(30)29(13-14)21-20-17(24)2-1-3-18(20)25-26-21/h1-7,14H,8-13H2,(H,25,26). The minimum absolute atomic E-state index is 0.0741. The second kappa shape index (κ2) is 7.64. The third-order valence-corrected chi connectivity index (χ3v) is 6.03. The van der Waals surface area contributed by atoms with Gasteiger partial charge in [-0.3, -0.25) is 19.6 Å². The van der Waals surface area contributed by atoms with Gasteiger partial charge in [0.15, 0.2) is 5.82 Å². The molecule has 3 heterocycles. The summed E-state index contributed by atoms with van der Waals surface area (Å²) < 4.78 is 27.4. The molecule has 0 aliphatic carbocycles. The summed E-state index contributed by atoms with van der Waals surface area (Å²) in [5, 5.41) is 7.14. The van der Waals surface area contributed by atoms with Gasteiger partial charge in [-0.1, -0.05) is 6.07 Å². The smallest absolute Gasteiger partial charge is 0.229 e. The largest absolute Gasteiger partial charge is 0.368 e. The third kappa shape index (κ3) is 3.49. The normalized spacial score (nSPS) is 19.5. The van der Waals surface area contributed by atoms with E-state index in [2.05, 4.69) is 15.1 Å². The number of aromatic amines is 1. The monoisotopic (exact) mass is 425 g/mol. The number of halogens is 2. The molecule has 9 heteroatoms. The lowest BCUT2D eigenvalue weighted by Crippen LogP contribution is -2.50. The Kier molecular flexibility index (Phi) is 4.80. The number of rotatable bonds is 3. The zero-order valence-electron chi connectivity index (χ0n) is 16.7. The number of hydrogen-bond acceptors (Lipinski definition) is 4. The molecule has 1 unspecified atom stereocenters. The Morgan fingerprint density at radius 3 is 2.52 bits per heavy atom. The Balaban J connectivity index is 1.26. The second-order valence-electron chi connectivity index (χ2n) is 7.90. The van der Waals surface area contributed by atoms with Crippen LogP contribution < -0.4 is 9.80 Å². The van der Waals surface area contributed by atoms with Gasteiger partial charge in [-0.05, 0) is 36.4 Å². The highest BCUT2D eigenvalue weighted by atomic mass is 19.1. The Labute approximate surface area is 177 Å². The zero-order chi connectivity index (χ0) is 21.5. The lowest BCUT2D eigenvalue weighted by atomic mass is 10.1. The van der Waals surface area contributed by atoms with Gasteiger partial charge in [0.2, 0.25) is 11.8 Å². The Hall–Kier alpha value is -3.49. The van der Waals surface area contributed by atoms with E-state index < -0.39 is 11.7 Å². The molecule has 2 aliphatic heterocycles. The molecule has 2 aromatic carbocycles. The first-order valence-electron chi connectivity index (χ1n) is 10.2. The molecule has 7 nitrogen and oxygen atoms in total. The highest BCUT2D eigenvalue weighted by Gasteiger charge is 2.39. The van der Waals surface area contributed by atoms with Crippen molar-refractivity contribution in [3.63, 3.8) is 0 Å². The van der Waals surface area contributed by atoms with E-state index in [9.17, 15) is 18.4 Å². The minimum atomic E-state index is -0.483. The number of benzene rings is 2. The summed E-state index contributed by atoms with van der Waals surface area (Å²) in [6.45, 7) is 2.51. The number of anilines is 2. The summed E-state index contributed by atoms with van der Waals surface area (Å²) in [5.41, 5.74) is 1.43. The maximum atomic E-state index is 14.3. The molecule has 2 amide bonds. The number of carbonyl (C=O) groups excluding carboxylic acids is 2. The van der Waals surface area contributed by atoms with Crippen molar-refractivity contribution in [1.29, 1.82) is 0 Å². The molecule has 3 aromatic rings. The molecule has 2 saturated heterocycles. The average Bonchev–Trinajstić information content (AvgIpc) is 3.38. The van der Waals surface area contributed by atoms with Crippen LogP contribution in [0.4, 0.5) is 20.3 Å². The number of amides is 2. The molecular weight excluding hydrogens is 404 g/mol. The molecular formula is C22H21F2N5O2. The summed E-state index contributed by atoms with van der Waals surface area (Å²) in [4.78, 5) is 31.0. The predicted molar refractivity (Wildman–Crippen MR) is 112 cm³/mol. The van der Waals surface area contributed by atoms with E-state index in [1.165, 1.54) is 23.1 Å². The van der Waals surface area contributed by atoms with E-state index in [1.54, 1.807) is 29.2 Å². The number of H-pyrrole nitrogens is 1. The van der Waals surface area contributed by atoms with Gasteiger partial charge in [-0.25, -0.2) is 8.78 Å². The Morgan fingerprint density at radius 1 is 1.03 bits per heavy atom. The molecule has 160 valence electrons. The number of carbonyl (C=O) groups is 2. The van der Waals surface area contributed by atoms with Crippen LogP contribution in [0.1, 0.15) is 6.42 Å². The third-order valence-electron chi connectivity index (χ3n) is 6.03. The number of nitrogens with one attached hydrogen (secondary N) is 1. The molecule has 0 saturated carbocycles. The molecule has 2 fully saturated rings. The number of fused-ring (bicyclic) bond motifs is 1. The zero-order valence-corrected chi connectivity index (χ0v) is 16.7. The van der Waals surface area contributed by atoms with Crippen LogP contribution in [0, 0.1) is 17.6 Å². The van der Waals surface area contributed by atoms with Crippen LogP contribution in [0.5, 0.6) is 0 Å². The van der Waals surface area contributed by atoms with E-state index in [-0.39, 0.29) is 41.8 Å². The quantitative estimate of drug-likeness (QED) is 0.700. The van der Waals surface area contributed by atoms with E-state index >= 15 is 0 Å². The first-order chi connectivity index (χ1) is 15.0. The van der Waals surface area contributed by atoms with E-state index in [0.717, 1.165) is 5.69 Å². The van der Waals surface area contributed by atoms with E-state index in [4.69, 9.17) is 0 Å². The van der Waals surface area contributed by atoms with Crippen LogP contribution in [-0.4, -0.2) is 59.6 Å². The number of aromatic nitrogens is 2. The van der Waals surface area contributed by atoms with E-state index in [0.29, 0.717) is 31.7 Å². The Bertz CT molecular complexity index is 1140. The van der Waals surface area contributed by atoms with Crippen molar-refractivity contribution < 1.29 is 18.4 Å². The average molecular weight is 425 g/mol. The molecule has 5 rings (SSSR count). The number of piperazine rings is 1. The topological polar surface area (TPSA) is 72.5 Å². The van der Waals surface area contributed by atoms with Crippen molar-refractivity contribution in [1.82, 2.24) is 15.1 Å². The van der Waals surface area contributed by atoms with Crippen LogP contribution in [0.15, 0.2) is 42.5 Å². The first kappa shape index (κ1) is 19.5. The van der Waals surface area contributed by atoms with Gasteiger partial charge < -0.3 is 9.80 Å². The van der Waals surface area contributed by atoms with Gasteiger partial charge >= 0.3 is 0 Å². The first-order valence-corrected chi connectivity index (χ1v) is 10.2. The lowest BCUT2D eigenvalue weighted by molar-refractivity contribution is -0.136. The predicted octanol–water partition coefficient (Wildman–Crippen LogP) is 2.54. The molecule has 1 aromatic heterocycles. The van der Waals surface area contributed by atoms with Crippen LogP contribution in [0.3, 0.4) is 0 Å². The van der Waals surface area contributed by atoms with Gasteiger partial charge in [-0.15, -0.1) is 0 Å². The van der Waals surface area contributed by atoms with Crippen LogP contribution >= 0.6 is 0 Å². The summed E-state index contributed by atoms with van der Waals surface area (Å²) in [7, 11) is 0. The summed E-state index contributed by atoms with van der Waals surface area (Å²) in [5.74, 6) is -1.30. The van der Waals surface area contributed by atoms with Gasteiger partial charge in [0.05, 0.1) is 16.8 Å². The van der Waals surface area contributed by atoms with E-state index in [1.807, 2.05) is 0 Å². The lowest BCUT2D eigenvalue weighted by Gasteiger charge is -2.37. The maximum Gasteiger partial charge on any atom is 0.229 e. The van der Waals surface area contributed by atoms with Crippen molar-refractivity contribution in [3.05, 3.63) is 54.1 Å². The summed E-state index contributed by atoms with van der Waals surface area (Å²) in [6.07, 6.45) is 0.0832. The Morgan fingerprint density at radius 2 is 1.77 bits per heavy atom. The maximum absolute atomic E-state index is 14.3. The van der Waals surface area contributed by atoms with Gasteiger partial charge in [0, 0.05) is 44.8 Å². The summed E-state index contributed by atoms with van der Waals surface area (Å²) >= 11 is 0. The van der Waals surface area contributed by atoms with Crippen LogP contribution in [0.2, 0.25) is 0 Å². The highest BCUT2D eigenvalue weighted by molar-refractivity contribution is 6.05. The minimum Gasteiger partial charge on any atom is -0.368 e. The number of hydrogen-bond donors (Lipinski definition) is 1. The fourth-order valence-corrected chi connectivity index (χ4v) is 4.38. The summed E-state index contributed by atoms with van der Waals surface area (Å²) in [6, 6.07) is 10.9. The fraction of sp³-hybridized carbons (Fsp3) is 0.318. The second-order valence-corrected chi connectivity index (χ2v) is 7.90. The molecule has 0 radical (unpaired) electrons. The van der Waals surface area contributed by atoms with Gasteiger partial charge in [-0.2, -0.15) is 5.10 Å². The van der Waals surface area contributed by atoms with Gasteiger partial charge in [0.25, 0.3) is 0 Å². The highest BCUT2D eigenvalue weighted by Crippen LogP contribution is 2.32.